The molecule has 3 N–H and O–H groups in total. The summed E-state index contributed by atoms with van der Waals surface area (Å²) in [6, 6.07) is 21.6. The summed E-state index contributed by atoms with van der Waals surface area (Å²) < 4.78 is 0. The van der Waals surface area contributed by atoms with Gasteiger partial charge in [0.2, 0.25) is 0 Å². The summed E-state index contributed by atoms with van der Waals surface area (Å²) in [5, 5.41) is 14.8. The van der Waals surface area contributed by atoms with Crippen LogP contribution in [0.1, 0.15) is 16.1 Å². The Morgan fingerprint density at radius 2 is 1.79 bits per heavy atom. The molecule has 0 atom stereocenters. The molecule has 3 aromatic carbocycles. The number of halogens is 1. The number of amides is 1. The van der Waals surface area contributed by atoms with E-state index in [1.54, 1.807) is 30.3 Å². The van der Waals surface area contributed by atoms with Gasteiger partial charge in [0.25, 0.3) is 5.91 Å². The zero-order chi connectivity index (χ0) is 19.5. The van der Waals surface area contributed by atoms with Crippen molar-refractivity contribution in [3.63, 3.8) is 0 Å². The summed E-state index contributed by atoms with van der Waals surface area (Å²) in [6.45, 7) is 0. The first-order valence-electron chi connectivity index (χ1n) is 8.61. The number of hydrazone groups is 1. The molecule has 0 radical (unpaired) electrons. The van der Waals surface area contributed by atoms with Crippen molar-refractivity contribution in [3.8, 4) is 16.9 Å². The van der Waals surface area contributed by atoms with Crippen LogP contribution in [0.3, 0.4) is 0 Å². The Kier molecular flexibility index (Phi) is 4.83. The van der Waals surface area contributed by atoms with E-state index in [9.17, 15) is 9.90 Å². The zero-order valence-corrected chi connectivity index (χ0v) is 15.4. The molecule has 0 bridgehead atoms. The SMILES string of the molecule is O=C(NN=Cc1ccc(O)cc1)c1[nH]c2ccc(Cl)cc2c1-c1ccccc1. The Bertz CT molecular complexity index is 1170. The number of H-pyrrole nitrogens is 1. The lowest BCUT2D eigenvalue weighted by atomic mass is 10.0. The molecule has 138 valence electrons. The number of aromatic amines is 1. The molecule has 0 spiro atoms. The summed E-state index contributed by atoms with van der Waals surface area (Å²) >= 11 is 6.17. The minimum atomic E-state index is -0.360. The van der Waals surface area contributed by atoms with E-state index in [4.69, 9.17) is 11.6 Å². The van der Waals surface area contributed by atoms with Crippen molar-refractivity contribution < 1.29 is 9.90 Å². The van der Waals surface area contributed by atoms with E-state index in [-0.39, 0.29) is 11.7 Å². The average molecular weight is 390 g/mol. The van der Waals surface area contributed by atoms with Crippen LogP contribution in [0.15, 0.2) is 77.9 Å². The molecule has 28 heavy (non-hydrogen) atoms. The maximum atomic E-state index is 12.8. The molecule has 0 aliphatic carbocycles. The predicted molar refractivity (Wildman–Crippen MR) is 112 cm³/mol. The van der Waals surface area contributed by atoms with Gasteiger partial charge in [-0.15, -0.1) is 0 Å². The van der Waals surface area contributed by atoms with E-state index >= 15 is 0 Å². The third-order valence-corrected chi connectivity index (χ3v) is 4.56. The lowest BCUT2D eigenvalue weighted by Gasteiger charge is -2.04. The van der Waals surface area contributed by atoms with Gasteiger partial charge in [0.05, 0.1) is 6.21 Å². The van der Waals surface area contributed by atoms with Crippen molar-refractivity contribution in [2.24, 2.45) is 5.10 Å². The van der Waals surface area contributed by atoms with Crippen molar-refractivity contribution in [2.45, 2.75) is 0 Å². The van der Waals surface area contributed by atoms with Gasteiger partial charge in [-0.2, -0.15) is 5.10 Å². The van der Waals surface area contributed by atoms with Crippen molar-refractivity contribution in [1.82, 2.24) is 10.4 Å². The van der Waals surface area contributed by atoms with Gasteiger partial charge in [-0.3, -0.25) is 4.79 Å². The molecule has 0 saturated heterocycles. The quantitative estimate of drug-likeness (QED) is 0.341. The van der Waals surface area contributed by atoms with Crippen molar-refractivity contribution >= 4 is 34.6 Å². The number of aromatic nitrogens is 1. The molecule has 1 amide bonds. The Balaban J connectivity index is 1.69. The summed E-state index contributed by atoms with van der Waals surface area (Å²) in [6.07, 6.45) is 1.51. The number of nitrogens with one attached hydrogen (secondary N) is 2. The summed E-state index contributed by atoms with van der Waals surface area (Å²) in [7, 11) is 0. The maximum Gasteiger partial charge on any atom is 0.288 e. The van der Waals surface area contributed by atoms with E-state index in [1.165, 1.54) is 6.21 Å². The average Bonchev–Trinajstić information content (AvgIpc) is 3.09. The number of carbonyl (C=O) groups is 1. The van der Waals surface area contributed by atoms with E-state index in [2.05, 4.69) is 15.5 Å². The predicted octanol–water partition coefficient (Wildman–Crippen LogP) is 4.96. The monoisotopic (exact) mass is 389 g/mol. The summed E-state index contributed by atoms with van der Waals surface area (Å²) in [5.74, 6) is -0.188. The van der Waals surface area contributed by atoms with Crippen LogP contribution in [0.4, 0.5) is 0 Å². The molecule has 1 aromatic heterocycles. The minimum Gasteiger partial charge on any atom is -0.508 e. The van der Waals surface area contributed by atoms with Crippen LogP contribution in [-0.4, -0.2) is 22.2 Å². The van der Waals surface area contributed by atoms with Crippen LogP contribution < -0.4 is 5.43 Å². The van der Waals surface area contributed by atoms with Crippen LogP contribution in [0, 0.1) is 0 Å². The largest absolute Gasteiger partial charge is 0.508 e. The second kappa shape index (κ2) is 7.58. The van der Waals surface area contributed by atoms with E-state index < -0.39 is 0 Å². The van der Waals surface area contributed by atoms with Gasteiger partial charge in [-0.25, -0.2) is 5.43 Å². The number of fused-ring (bicyclic) bond motifs is 1. The van der Waals surface area contributed by atoms with Crippen LogP contribution in [-0.2, 0) is 0 Å². The van der Waals surface area contributed by atoms with E-state index in [0.29, 0.717) is 10.7 Å². The molecule has 4 aromatic rings. The topological polar surface area (TPSA) is 77.5 Å². The molecule has 0 unspecified atom stereocenters. The molecule has 0 aliphatic heterocycles. The minimum absolute atomic E-state index is 0.172. The number of carbonyl (C=O) groups excluding carboxylic acids is 1. The maximum absolute atomic E-state index is 12.8. The summed E-state index contributed by atoms with van der Waals surface area (Å²) in [5.41, 5.74) is 6.21. The first kappa shape index (κ1) is 17.8. The van der Waals surface area contributed by atoms with Crippen molar-refractivity contribution in [2.75, 3.05) is 0 Å². The van der Waals surface area contributed by atoms with Gasteiger partial charge in [-0.05, 0) is 53.6 Å². The normalized spacial score (nSPS) is 11.2. The van der Waals surface area contributed by atoms with E-state index in [1.807, 2.05) is 42.5 Å². The second-order valence-corrected chi connectivity index (χ2v) is 6.66. The highest BCUT2D eigenvalue weighted by Crippen LogP contribution is 2.34. The molecule has 0 fully saturated rings. The number of aromatic hydroxyl groups is 1. The molecule has 0 aliphatic rings. The third-order valence-electron chi connectivity index (χ3n) is 4.32. The molecule has 6 heteroatoms. The Morgan fingerprint density at radius 3 is 2.54 bits per heavy atom. The fourth-order valence-corrected chi connectivity index (χ4v) is 3.19. The smallest absolute Gasteiger partial charge is 0.288 e. The Hall–Kier alpha value is -3.57. The van der Waals surface area contributed by atoms with E-state index in [0.717, 1.165) is 27.6 Å². The molecular formula is C22H16ClN3O2. The summed E-state index contributed by atoms with van der Waals surface area (Å²) in [4.78, 5) is 16.0. The number of phenols is 1. The Labute approximate surface area is 166 Å². The van der Waals surface area contributed by atoms with Gasteiger partial charge in [0.15, 0.2) is 0 Å². The number of nitrogens with zero attached hydrogens (tertiary/aromatic N) is 1. The highest BCUT2D eigenvalue weighted by atomic mass is 35.5. The number of rotatable bonds is 4. The lowest BCUT2D eigenvalue weighted by molar-refractivity contribution is 0.0951. The molecule has 4 rings (SSSR count). The van der Waals surface area contributed by atoms with Crippen LogP contribution in [0.2, 0.25) is 5.02 Å². The van der Waals surface area contributed by atoms with Gasteiger partial charge in [-0.1, -0.05) is 41.9 Å². The lowest BCUT2D eigenvalue weighted by Crippen LogP contribution is -2.18. The van der Waals surface area contributed by atoms with Gasteiger partial charge in [0.1, 0.15) is 11.4 Å². The number of phenolic OH excluding ortho intramolecular Hbond substituents is 1. The highest BCUT2D eigenvalue weighted by Gasteiger charge is 2.19. The van der Waals surface area contributed by atoms with Crippen LogP contribution in [0.5, 0.6) is 5.75 Å². The molecule has 5 nitrogen and oxygen atoms in total. The molecule has 1 heterocycles. The number of hydrogen-bond acceptors (Lipinski definition) is 3. The first-order chi connectivity index (χ1) is 13.6. The zero-order valence-electron chi connectivity index (χ0n) is 14.7. The third kappa shape index (κ3) is 3.61. The van der Waals surface area contributed by atoms with Gasteiger partial charge < -0.3 is 10.1 Å². The van der Waals surface area contributed by atoms with Crippen molar-refractivity contribution in [1.29, 1.82) is 0 Å². The number of benzene rings is 3. The first-order valence-corrected chi connectivity index (χ1v) is 8.99. The molecular weight excluding hydrogens is 374 g/mol. The standard InChI is InChI=1S/C22H16ClN3O2/c23-16-8-11-19-18(12-16)20(15-4-2-1-3-5-15)21(25-19)22(28)26-24-13-14-6-9-17(27)10-7-14/h1-13,25,27H,(H,26,28). The molecule has 0 saturated carbocycles. The highest BCUT2D eigenvalue weighted by molar-refractivity contribution is 6.31. The second-order valence-electron chi connectivity index (χ2n) is 6.22. The van der Waals surface area contributed by atoms with Gasteiger partial charge in [0, 0.05) is 21.5 Å². The van der Waals surface area contributed by atoms with Crippen LogP contribution >= 0.6 is 11.6 Å². The van der Waals surface area contributed by atoms with Crippen LogP contribution in [0.25, 0.3) is 22.0 Å². The fourth-order valence-electron chi connectivity index (χ4n) is 3.02. The van der Waals surface area contributed by atoms with Gasteiger partial charge >= 0.3 is 0 Å². The number of hydrogen-bond donors (Lipinski definition) is 3. The fraction of sp³-hybridized carbons (Fsp3) is 0. The Morgan fingerprint density at radius 1 is 1.04 bits per heavy atom. The van der Waals surface area contributed by atoms with Crippen molar-refractivity contribution in [3.05, 3.63) is 89.1 Å².